The van der Waals surface area contributed by atoms with Gasteiger partial charge in [0, 0.05) is 30.5 Å². The Hall–Kier alpha value is -1.98. The first-order valence-electron chi connectivity index (χ1n) is 8.44. The van der Waals surface area contributed by atoms with E-state index in [0.29, 0.717) is 6.54 Å². The molecule has 3 aromatic rings. The number of hydrogen-bond donors (Lipinski definition) is 1. The summed E-state index contributed by atoms with van der Waals surface area (Å²) in [7, 11) is 0. The van der Waals surface area contributed by atoms with Crippen LogP contribution >= 0.6 is 24.8 Å². The zero-order chi connectivity index (χ0) is 16.7. The van der Waals surface area contributed by atoms with E-state index in [1.807, 2.05) is 18.2 Å². The molecule has 1 aromatic heterocycles. The fraction of sp³-hybridized carbons (Fsp3) is 0.316. The maximum atomic E-state index is 13.5. The van der Waals surface area contributed by atoms with E-state index in [4.69, 9.17) is 5.73 Å². The van der Waals surface area contributed by atoms with E-state index in [9.17, 15) is 4.39 Å². The normalized spacial score (nSPS) is 13.1. The molecule has 0 saturated carbocycles. The number of imidazole rings is 1. The van der Waals surface area contributed by atoms with Crippen molar-refractivity contribution in [1.29, 1.82) is 0 Å². The highest BCUT2D eigenvalue weighted by Gasteiger charge is 2.21. The number of nitrogen functional groups attached to an aromatic ring is 1. The third-order valence-corrected chi connectivity index (χ3v) is 4.82. The Morgan fingerprint density at radius 3 is 2.77 bits per heavy atom. The molecular formula is C19H23Cl2FN4. The number of halogens is 3. The number of nitrogens with zero attached hydrogens (tertiary/aromatic N) is 3. The Morgan fingerprint density at radius 1 is 1.19 bits per heavy atom. The molecule has 0 spiro atoms. The van der Waals surface area contributed by atoms with Crippen molar-refractivity contribution in [3.05, 3.63) is 53.6 Å². The summed E-state index contributed by atoms with van der Waals surface area (Å²) in [4.78, 5) is 7.02. The third kappa shape index (κ3) is 3.46. The Kier molecular flexibility index (Phi) is 6.37. The molecule has 0 atom stereocenters. The summed E-state index contributed by atoms with van der Waals surface area (Å²) in [5.74, 6) is 0.722. The van der Waals surface area contributed by atoms with Crippen molar-refractivity contribution in [3.63, 3.8) is 0 Å². The van der Waals surface area contributed by atoms with Crippen LogP contribution in [0.25, 0.3) is 11.0 Å². The number of fused-ring (bicyclic) bond motifs is 2. The summed E-state index contributed by atoms with van der Waals surface area (Å²) in [6.07, 6.45) is 2.11. The quantitative estimate of drug-likeness (QED) is 0.659. The molecule has 26 heavy (non-hydrogen) atoms. The van der Waals surface area contributed by atoms with Crippen LogP contribution in [0.5, 0.6) is 0 Å². The van der Waals surface area contributed by atoms with Gasteiger partial charge < -0.3 is 15.2 Å². The minimum absolute atomic E-state index is 0. The average Bonchev–Trinajstić information content (AvgIpc) is 2.92. The lowest BCUT2D eigenvalue weighted by atomic mass is 10.00. The predicted octanol–water partition coefficient (Wildman–Crippen LogP) is 4.57. The summed E-state index contributed by atoms with van der Waals surface area (Å²) in [6, 6.07) is 10.9. The van der Waals surface area contributed by atoms with E-state index in [1.165, 1.54) is 23.4 Å². The zero-order valence-electron chi connectivity index (χ0n) is 14.6. The molecule has 2 aromatic carbocycles. The summed E-state index contributed by atoms with van der Waals surface area (Å²) >= 11 is 0. The summed E-state index contributed by atoms with van der Waals surface area (Å²) in [6.45, 7) is 4.60. The van der Waals surface area contributed by atoms with Gasteiger partial charge in [-0.15, -0.1) is 24.8 Å². The summed E-state index contributed by atoms with van der Waals surface area (Å²) in [5, 5.41) is 0. The van der Waals surface area contributed by atoms with Crippen molar-refractivity contribution in [3.8, 4) is 0 Å². The summed E-state index contributed by atoms with van der Waals surface area (Å²) in [5.41, 5.74) is 11.1. The number of anilines is 2. The molecule has 0 bridgehead atoms. The van der Waals surface area contributed by atoms with Crippen LogP contribution < -0.4 is 10.6 Å². The zero-order valence-corrected chi connectivity index (χ0v) is 16.2. The number of rotatable bonds is 3. The van der Waals surface area contributed by atoms with Gasteiger partial charge in [0.05, 0.1) is 17.6 Å². The maximum Gasteiger partial charge on any atom is 0.129 e. The van der Waals surface area contributed by atoms with Gasteiger partial charge in [-0.25, -0.2) is 9.37 Å². The van der Waals surface area contributed by atoms with E-state index in [-0.39, 0.29) is 30.6 Å². The Bertz CT molecular complexity index is 910. The highest BCUT2D eigenvalue weighted by molar-refractivity contribution is 5.85. The molecule has 0 amide bonds. The lowest BCUT2D eigenvalue weighted by Gasteiger charge is -2.31. The van der Waals surface area contributed by atoms with Crippen LogP contribution in [0.2, 0.25) is 0 Å². The topological polar surface area (TPSA) is 47.1 Å². The second kappa shape index (κ2) is 8.14. The van der Waals surface area contributed by atoms with E-state index in [1.54, 1.807) is 0 Å². The van der Waals surface area contributed by atoms with Gasteiger partial charge >= 0.3 is 0 Å². The summed E-state index contributed by atoms with van der Waals surface area (Å²) < 4.78 is 15.7. The smallest absolute Gasteiger partial charge is 0.129 e. The van der Waals surface area contributed by atoms with Crippen molar-refractivity contribution >= 4 is 47.2 Å². The second-order valence-electron chi connectivity index (χ2n) is 6.28. The van der Waals surface area contributed by atoms with Crippen LogP contribution in [-0.2, 0) is 19.5 Å². The fourth-order valence-electron chi connectivity index (χ4n) is 3.69. The van der Waals surface area contributed by atoms with Gasteiger partial charge in [0.1, 0.15) is 11.6 Å². The molecule has 1 aliphatic heterocycles. The lowest BCUT2D eigenvalue weighted by Crippen LogP contribution is -2.30. The first-order valence-corrected chi connectivity index (χ1v) is 8.44. The van der Waals surface area contributed by atoms with Crippen molar-refractivity contribution < 1.29 is 4.39 Å². The van der Waals surface area contributed by atoms with Crippen LogP contribution in [0.15, 0.2) is 36.4 Å². The first kappa shape index (κ1) is 20.3. The predicted molar refractivity (Wildman–Crippen MR) is 110 cm³/mol. The molecule has 2 N–H and O–H groups in total. The van der Waals surface area contributed by atoms with Gasteiger partial charge in [0.2, 0.25) is 0 Å². The van der Waals surface area contributed by atoms with Gasteiger partial charge in [0.15, 0.2) is 0 Å². The number of nitrogens with two attached hydrogens (primary N) is 1. The minimum atomic E-state index is -0.245. The number of hydrogen-bond acceptors (Lipinski definition) is 3. The maximum absolute atomic E-state index is 13.5. The Morgan fingerprint density at radius 2 is 2.00 bits per heavy atom. The Balaban J connectivity index is 0.00000121. The SMILES string of the molecule is CCn1c(CN2CCCc3c(N)cccc32)nc2cc(F)ccc21.Cl.Cl. The highest BCUT2D eigenvalue weighted by atomic mass is 35.5. The molecule has 7 heteroatoms. The molecule has 0 saturated heterocycles. The van der Waals surface area contributed by atoms with Gasteiger partial charge in [-0.1, -0.05) is 6.07 Å². The number of aromatic nitrogens is 2. The lowest BCUT2D eigenvalue weighted by molar-refractivity contribution is 0.629. The Labute approximate surface area is 165 Å². The van der Waals surface area contributed by atoms with Crippen molar-refractivity contribution in [2.75, 3.05) is 17.2 Å². The molecule has 2 heterocycles. The number of aryl methyl sites for hydroxylation is 1. The molecular weight excluding hydrogens is 374 g/mol. The molecule has 1 aliphatic rings. The van der Waals surface area contributed by atoms with Crippen LogP contribution in [0, 0.1) is 5.82 Å². The highest BCUT2D eigenvalue weighted by Crippen LogP contribution is 2.32. The number of benzene rings is 2. The van der Waals surface area contributed by atoms with Crippen molar-refractivity contribution in [1.82, 2.24) is 9.55 Å². The van der Waals surface area contributed by atoms with E-state index in [0.717, 1.165) is 48.5 Å². The monoisotopic (exact) mass is 396 g/mol. The molecule has 0 unspecified atom stereocenters. The van der Waals surface area contributed by atoms with E-state index in [2.05, 4.69) is 27.4 Å². The first-order chi connectivity index (χ1) is 11.7. The average molecular weight is 397 g/mol. The molecule has 4 rings (SSSR count). The van der Waals surface area contributed by atoms with E-state index >= 15 is 0 Å². The van der Waals surface area contributed by atoms with Gasteiger partial charge in [-0.3, -0.25) is 0 Å². The fourth-order valence-corrected chi connectivity index (χ4v) is 3.69. The van der Waals surface area contributed by atoms with Crippen LogP contribution in [0.3, 0.4) is 0 Å². The van der Waals surface area contributed by atoms with Gasteiger partial charge in [-0.2, -0.15) is 0 Å². The molecule has 0 radical (unpaired) electrons. The minimum Gasteiger partial charge on any atom is -0.398 e. The molecule has 0 aliphatic carbocycles. The molecule has 4 nitrogen and oxygen atoms in total. The van der Waals surface area contributed by atoms with E-state index < -0.39 is 0 Å². The van der Waals surface area contributed by atoms with Crippen LogP contribution in [0.1, 0.15) is 24.7 Å². The van der Waals surface area contributed by atoms with Gasteiger partial charge in [0.25, 0.3) is 0 Å². The van der Waals surface area contributed by atoms with Crippen LogP contribution in [-0.4, -0.2) is 16.1 Å². The van der Waals surface area contributed by atoms with Crippen molar-refractivity contribution in [2.24, 2.45) is 0 Å². The standard InChI is InChI=1S/C19H21FN4.2ClH/c1-2-24-18-9-8-13(20)11-16(18)22-19(24)12-23-10-4-5-14-15(21)6-3-7-17(14)23;;/h3,6-9,11H,2,4-5,10,12,21H2,1H3;2*1H. The van der Waals surface area contributed by atoms with Crippen LogP contribution in [0.4, 0.5) is 15.8 Å². The molecule has 140 valence electrons. The largest absolute Gasteiger partial charge is 0.398 e. The second-order valence-corrected chi connectivity index (χ2v) is 6.28. The third-order valence-electron chi connectivity index (χ3n) is 4.82. The van der Waals surface area contributed by atoms with Crippen molar-refractivity contribution in [2.45, 2.75) is 32.9 Å². The van der Waals surface area contributed by atoms with Gasteiger partial charge in [-0.05, 0) is 49.6 Å². The molecule has 0 fully saturated rings.